The monoisotopic (exact) mass is 325 g/mol. The molecule has 0 aliphatic carbocycles. The quantitative estimate of drug-likeness (QED) is 0.850. The van der Waals surface area contributed by atoms with Gasteiger partial charge in [0.2, 0.25) is 0 Å². The Bertz CT molecular complexity index is 603. The van der Waals surface area contributed by atoms with Crippen LogP contribution in [0, 0.1) is 5.92 Å². The Kier molecular flexibility index (Phi) is 5.89. The maximum Gasteiger partial charge on any atom is 0.115 e. The number of aliphatic hydroxyl groups is 1. The Morgan fingerprint density at radius 2 is 1.62 bits per heavy atom. The van der Waals surface area contributed by atoms with Crippen molar-refractivity contribution >= 4 is 0 Å². The van der Waals surface area contributed by atoms with E-state index in [4.69, 9.17) is 0 Å². The number of phenols is 1. The molecule has 2 N–H and O–H groups in total. The van der Waals surface area contributed by atoms with Gasteiger partial charge in [-0.05, 0) is 68.0 Å². The van der Waals surface area contributed by atoms with Crippen molar-refractivity contribution in [2.75, 3.05) is 19.6 Å². The van der Waals surface area contributed by atoms with E-state index >= 15 is 0 Å². The molecule has 3 rings (SSSR count). The van der Waals surface area contributed by atoms with Gasteiger partial charge in [0.1, 0.15) is 5.75 Å². The molecule has 1 fully saturated rings. The van der Waals surface area contributed by atoms with Crippen LogP contribution in [-0.2, 0) is 6.42 Å². The van der Waals surface area contributed by atoms with Crippen LogP contribution in [0.1, 0.15) is 36.5 Å². The van der Waals surface area contributed by atoms with Gasteiger partial charge < -0.3 is 15.1 Å². The smallest absolute Gasteiger partial charge is 0.115 e. The highest BCUT2D eigenvalue weighted by Crippen LogP contribution is 2.24. The number of hydrogen-bond acceptors (Lipinski definition) is 3. The summed E-state index contributed by atoms with van der Waals surface area (Å²) in [7, 11) is 0. The summed E-state index contributed by atoms with van der Waals surface area (Å²) in [6, 6.07) is 17.6. The Balaban J connectivity index is 1.40. The molecule has 0 spiro atoms. The first-order valence-electron chi connectivity index (χ1n) is 8.94. The van der Waals surface area contributed by atoms with Crippen molar-refractivity contribution in [3.05, 3.63) is 65.7 Å². The highest BCUT2D eigenvalue weighted by molar-refractivity contribution is 5.27. The van der Waals surface area contributed by atoms with Crippen LogP contribution in [-0.4, -0.2) is 34.7 Å². The van der Waals surface area contributed by atoms with Crippen molar-refractivity contribution in [3.8, 4) is 5.75 Å². The van der Waals surface area contributed by atoms with E-state index in [1.807, 2.05) is 0 Å². The van der Waals surface area contributed by atoms with Gasteiger partial charge in [0.25, 0.3) is 0 Å². The van der Waals surface area contributed by atoms with Crippen molar-refractivity contribution in [3.63, 3.8) is 0 Å². The summed E-state index contributed by atoms with van der Waals surface area (Å²) in [5, 5.41) is 19.6. The standard InChI is InChI=1S/C21H27NO2/c23-20-8-6-19(7-9-20)21(24)12-15-22-13-10-18(11-14-22)16-17-4-2-1-3-5-17/h1-9,18,21,23-24H,10-16H2. The second kappa shape index (κ2) is 8.32. The lowest BCUT2D eigenvalue weighted by atomic mass is 9.90. The van der Waals surface area contributed by atoms with E-state index in [0.29, 0.717) is 0 Å². The minimum absolute atomic E-state index is 0.242. The second-order valence-electron chi connectivity index (χ2n) is 6.87. The number of aliphatic hydroxyl groups excluding tert-OH is 1. The van der Waals surface area contributed by atoms with Crippen LogP contribution in [0.5, 0.6) is 5.75 Å². The lowest BCUT2D eigenvalue weighted by Crippen LogP contribution is -2.35. The first kappa shape index (κ1) is 17.0. The van der Waals surface area contributed by atoms with Gasteiger partial charge in [0.05, 0.1) is 6.10 Å². The van der Waals surface area contributed by atoms with Gasteiger partial charge in [-0.3, -0.25) is 0 Å². The molecular weight excluding hydrogens is 298 g/mol. The molecule has 0 radical (unpaired) electrons. The lowest BCUT2D eigenvalue weighted by Gasteiger charge is -2.32. The molecule has 1 aliphatic rings. The number of nitrogens with zero attached hydrogens (tertiary/aromatic N) is 1. The molecule has 24 heavy (non-hydrogen) atoms. The molecule has 1 heterocycles. The Hall–Kier alpha value is -1.84. The number of rotatable bonds is 6. The van der Waals surface area contributed by atoms with Crippen LogP contribution in [0.4, 0.5) is 0 Å². The summed E-state index contributed by atoms with van der Waals surface area (Å²) in [6.07, 6.45) is 3.96. The molecule has 1 saturated heterocycles. The van der Waals surface area contributed by atoms with Crippen LogP contribution in [0.2, 0.25) is 0 Å². The van der Waals surface area contributed by atoms with Gasteiger partial charge in [-0.2, -0.15) is 0 Å². The fourth-order valence-corrected chi connectivity index (χ4v) is 3.53. The third-order valence-electron chi connectivity index (χ3n) is 5.07. The minimum Gasteiger partial charge on any atom is -0.508 e. The molecule has 0 aromatic heterocycles. The molecule has 3 nitrogen and oxygen atoms in total. The van der Waals surface area contributed by atoms with E-state index < -0.39 is 6.10 Å². The Morgan fingerprint density at radius 3 is 2.29 bits per heavy atom. The van der Waals surface area contributed by atoms with Crippen LogP contribution in [0.25, 0.3) is 0 Å². The first-order valence-corrected chi connectivity index (χ1v) is 8.94. The van der Waals surface area contributed by atoms with E-state index in [-0.39, 0.29) is 5.75 Å². The Labute approximate surface area is 144 Å². The van der Waals surface area contributed by atoms with Gasteiger partial charge in [-0.1, -0.05) is 42.5 Å². The van der Waals surface area contributed by atoms with Crippen LogP contribution in [0.3, 0.4) is 0 Å². The Morgan fingerprint density at radius 1 is 0.958 bits per heavy atom. The molecule has 0 amide bonds. The molecule has 0 saturated carbocycles. The predicted octanol–water partition coefficient (Wildman–Crippen LogP) is 3.77. The van der Waals surface area contributed by atoms with Gasteiger partial charge in [-0.15, -0.1) is 0 Å². The van der Waals surface area contributed by atoms with E-state index in [1.54, 1.807) is 24.3 Å². The van der Waals surface area contributed by atoms with E-state index in [1.165, 1.54) is 24.8 Å². The van der Waals surface area contributed by atoms with Crippen molar-refractivity contribution in [2.24, 2.45) is 5.92 Å². The summed E-state index contributed by atoms with van der Waals surface area (Å²) in [4.78, 5) is 2.46. The molecule has 1 atom stereocenters. The van der Waals surface area contributed by atoms with Crippen molar-refractivity contribution in [1.29, 1.82) is 0 Å². The van der Waals surface area contributed by atoms with Crippen LogP contribution >= 0.6 is 0 Å². The number of piperidine rings is 1. The van der Waals surface area contributed by atoms with Crippen LogP contribution in [0.15, 0.2) is 54.6 Å². The first-order chi connectivity index (χ1) is 11.7. The van der Waals surface area contributed by atoms with Crippen LogP contribution < -0.4 is 0 Å². The van der Waals surface area contributed by atoms with Gasteiger partial charge in [0.15, 0.2) is 0 Å². The SMILES string of the molecule is Oc1ccc(C(O)CCN2CCC(Cc3ccccc3)CC2)cc1. The van der Waals surface area contributed by atoms with Crippen molar-refractivity contribution < 1.29 is 10.2 Å². The maximum absolute atomic E-state index is 10.3. The van der Waals surface area contributed by atoms with Crippen molar-refractivity contribution in [1.82, 2.24) is 4.90 Å². The molecule has 3 heteroatoms. The van der Waals surface area contributed by atoms with E-state index in [2.05, 4.69) is 35.2 Å². The fraction of sp³-hybridized carbons (Fsp3) is 0.429. The molecule has 1 unspecified atom stereocenters. The number of hydrogen-bond donors (Lipinski definition) is 2. The molecule has 2 aromatic carbocycles. The highest BCUT2D eigenvalue weighted by Gasteiger charge is 2.20. The van der Waals surface area contributed by atoms with Gasteiger partial charge >= 0.3 is 0 Å². The molecular formula is C21H27NO2. The third-order valence-corrected chi connectivity index (χ3v) is 5.07. The molecule has 0 bridgehead atoms. The van der Waals surface area contributed by atoms with Crippen molar-refractivity contribution in [2.45, 2.75) is 31.8 Å². The average Bonchev–Trinajstić information content (AvgIpc) is 2.62. The summed E-state index contributed by atoms with van der Waals surface area (Å²) in [5.41, 5.74) is 2.32. The maximum atomic E-state index is 10.3. The lowest BCUT2D eigenvalue weighted by molar-refractivity contribution is 0.123. The van der Waals surface area contributed by atoms with E-state index in [9.17, 15) is 10.2 Å². The zero-order valence-corrected chi connectivity index (χ0v) is 14.1. The minimum atomic E-state index is -0.451. The number of benzene rings is 2. The number of phenolic OH excluding ortho intramolecular Hbond substituents is 1. The molecule has 2 aromatic rings. The summed E-state index contributed by atoms with van der Waals surface area (Å²) in [6.45, 7) is 3.18. The zero-order valence-electron chi connectivity index (χ0n) is 14.1. The predicted molar refractivity (Wildman–Crippen MR) is 97.0 cm³/mol. The normalized spacial score (nSPS) is 17.7. The summed E-state index contributed by atoms with van der Waals surface area (Å²) < 4.78 is 0. The van der Waals surface area contributed by atoms with Gasteiger partial charge in [0, 0.05) is 6.54 Å². The second-order valence-corrected chi connectivity index (χ2v) is 6.87. The molecule has 128 valence electrons. The largest absolute Gasteiger partial charge is 0.508 e. The average molecular weight is 325 g/mol. The summed E-state index contributed by atoms with van der Waals surface area (Å²) >= 11 is 0. The number of likely N-dealkylation sites (tertiary alicyclic amines) is 1. The summed E-state index contributed by atoms with van der Waals surface area (Å²) in [5.74, 6) is 1.03. The fourth-order valence-electron chi connectivity index (χ4n) is 3.53. The molecule has 1 aliphatic heterocycles. The van der Waals surface area contributed by atoms with E-state index in [0.717, 1.165) is 37.5 Å². The van der Waals surface area contributed by atoms with Gasteiger partial charge in [-0.25, -0.2) is 0 Å². The topological polar surface area (TPSA) is 43.7 Å². The zero-order chi connectivity index (χ0) is 16.8. The highest BCUT2D eigenvalue weighted by atomic mass is 16.3. The number of aromatic hydroxyl groups is 1. The third kappa shape index (κ3) is 4.83.